The minimum absolute atomic E-state index is 0.0484. The molecule has 0 saturated carbocycles. The second-order valence-electron chi connectivity index (χ2n) is 9.42. The van der Waals surface area contributed by atoms with Crippen molar-refractivity contribution in [1.82, 2.24) is 5.32 Å². The van der Waals surface area contributed by atoms with Crippen LogP contribution in [0, 0.1) is 5.41 Å². The SMILES string of the molecule is CCCCC/C=C\C/C=C\CCCCCCCC(=O)OC(=O)CCNC(=O)[C@H](O)C(C)(C)CO. The summed E-state index contributed by atoms with van der Waals surface area (Å²) in [5, 5.41) is 21.5. The Balaban J connectivity index is 3.67. The summed E-state index contributed by atoms with van der Waals surface area (Å²) < 4.78 is 4.75. The van der Waals surface area contributed by atoms with E-state index in [0.29, 0.717) is 6.42 Å². The van der Waals surface area contributed by atoms with Gasteiger partial charge < -0.3 is 20.3 Å². The summed E-state index contributed by atoms with van der Waals surface area (Å²) in [7, 11) is 0. The van der Waals surface area contributed by atoms with Crippen LogP contribution in [0.4, 0.5) is 0 Å². The van der Waals surface area contributed by atoms with Gasteiger partial charge in [-0.2, -0.15) is 0 Å². The Morgan fingerprint density at radius 2 is 1.41 bits per heavy atom. The van der Waals surface area contributed by atoms with Crippen LogP contribution in [0.3, 0.4) is 0 Å². The Kier molecular flexibility index (Phi) is 19.2. The standard InChI is InChI=1S/C27H47NO6/c1-4-5-6-7-8-9-10-11-12-13-14-15-16-17-18-19-23(30)34-24(31)20-21-28-26(33)25(32)27(2,3)22-29/h8-9,11-12,25,29,32H,4-7,10,13-22H2,1-3H3,(H,28,33)/b9-8-,12-11-/t25-/m0/s1. The first-order valence-electron chi connectivity index (χ1n) is 12.8. The first kappa shape index (κ1) is 32.0. The number of carbonyl (C=O) groups is 3. The normalized spacial score (nSPS) is 12.9. The number of carbonyl (C=O) groups excluding carboxylic acids is 3. The Labute approximate surface area is 206 Å². The van der Waals surface area contributed by atoms with Crippen LogP contribution in [0.15, 0.2) is 24.3 Å². The molecule has 0 saturated heterocycles. The lowest BCUT2D eigenvalue weighted by Crippen LogP contribution is -2.46. The summed E-state index contributed by atoms with van der Waals surface area (Å²) in [5.41, 5.74) is -0.984. The highest BCUT2D eigenvalue weighted by atomic mass is 16.6. The molecule has 3 N–H and O–H groups in total. The number of aliphatic hydroxyl groups excluding tert-OH is 2. The molecule has 1 amide bonds. The summed E-state index contributed by atoms with van der Waals surface area (Å²) in [4.78, 5) is 35.3. The minimum Gasteiger partial charge on any atom is -0.396 e. The maximum atomic E-state index is 11.8. The first-order chi connectivity index (χ1) is 16.2. The van der Waals surface area contributed by atoms with E-state index in [0.717, 1.165) is 38.5 Å². The van der Waals surface area contributed by atoms with Crippen LogP contribution in [0.5, 0.6) is 0 Å². The number of nitrogens with one attached hydrogen (secondary N) is 1. The number of rotatable bonds is 20. The maximum absolute atomic E-state index is 11.8. The molecular formula is C27H47NO6. The lowest BCUT2D eigenvalue weighted by molar-refractivity contribution is -0.159. The Hall–Kier alpha value is -1.99. The lowest BCUT2D eigenvalue weighted by atomic mass is 9.87. The smallest absolute Gasteiger partial charge is 0.315 e. The van der Waals surface area contributed by atoms with Crippen molar-refractivity contribution in [3.63, 3.8) is 0 Å². The van der Waals surface area contributed by atoms with Gasteiger partial charge in [-0.3, -0.25) is 14.4 Å². The fourth-order valence-corrected chi connectivity index (χ4v) is 3.14. The molecule has 0 rings (SSSR count). The van der Waals surface area contributed by atoms with E-state index in [1.807, 2.05) is 0 Å². The van der Waals surface area contributed by atoms with Gasteiger partial charge in [-0.1, -0.05) is 77.2 Å². The zero-order chi connectivity index (χ0) is 25.7. The van der Waals surface area contributed by atoms with E-state index in [1.54, 1.807) is 13.8 Å². The van der Waals surface area contributed by atoms with Crippen LogP contribution in [0.1, 0.15) is 104 Å². The van der Waals surface area contributed by atoms with Gasteiger partial charge in [0.25, 0.3) is 0 Å². The van der Waals surface area contributed by atoms with E-state index in [9.17, 15) is 24.6 Å². The van der Waals surface area contributed by atoms with Gasteiger partial charge in [0.1, 0.15) is 6.10 Å². The van der Waals surface area contributed by atoms with Crippen LogP contribution >= 0.6 is 0 Å². The molecule has 0 heterocycles. The molecule has 7 nitrogen and oxygen atoms in total. The number of amides is 1. The summed E-state index contributed by atoms with van der Waals surface area (Å²) in [6, 6.07) is 0. The van der Waals surface area contributed by atoms with E-state index in [1.165, 1.54) is 25.7 Å². The average Bonchev–Trinajstić information content (AvgIpc) is 2.80. The van der Waals surface area contributed by atoms with Crippen LogP contribution in [0.2, 0.25) is 0 Å². The van der Waals surface area contributed by atoms with Gasteiger partial charge in [-0.25, -0.2) is 0 Å². The van der Waals surface area contributed by atoms with Gasteiger partial charge >= 0.3 is 11.9 Å². The number of allylic oxidation sites excluding steroid dienone is 4. The van der Waals surface area contributed by atoms with Crippen LogP contribution < -0.4 is 5.32 Å². The minimum atomic E-state index is -1.39. The number of hydrogen-bond acceptors (Lipinski definition) is 6. The number of aliphatic hydroxyl groups is 2. The monoisotopic (exact) mass is 481 g/mol. The van der Waals surface area contributed by atoms with Crippen molar-refractivity contribution < 1.29 is 29.3 Å². The molecule has 7 heteroatoms. The molecule has 0 aromatic carbocycles. The molecule has 0 bridgehead atoms. The van der Waals surface area contributed by atoms with Crippen molar-refractivity contribution in [3.8, 4) is 0 Å². The first-order valence-corrected chi connectivity index (χ1v) is 12.8. The van der Waals surface area contributed by atoms with E-state index < -0.39 is 29.4 Å². The van der Waals surface area contributed by atoms with Gasteiger partial charge in [0.05, 0.1) is 13.0 Å². The molecule has 0 aliphatic carbocycles. The van der Waals surface area contributed by atoms with Crippen LogP contribution in [0.25, 0.3) is 0 Å². The molecule has 0 radical (unpaired) electrons. The highest BCUT2D eigenvalue weighted by Crippen LogP contribution is 2.19. The molecule has 0 aromatic heterocycles. The highest BCUT2D eigenvalue weighted by molar-refractivity contribution is 5.86. The molecule has 196 valence electrons. The van der Waals surface area contributed by atoms with Crippen molar-refractivity contribution in [2.75, 3.05) is 13.2 Å². The van der Waals surface area contributed by atoms with Gasteiger partial charge in [0.15, 0.2) is 0 Å². The molecule has 0 aliphatic rings. The average molecular weight is 482 g/mol. The molecule has 0 fully saturated rings. The lowest BCUT2D eigenvalue weighted by Gasteiger charge is -2.27. The Morgan fingerprint density at radius 3 is 2.03 bits per heavy atom. The maximum Gasteiger partial charge on any atom is 0.315 e. The fourth-order valence-electron chi connectivity index (χ4n) is 3.14. The number of esters is 2. The summed E-state index contributed by atoms with van der Waals surface area (Å²) in [6.45, 7) is 4.92. The second kappa shape index (κ2) is 20.4. The van der Waals surface area contributed by atoms with Crippen molar-refractivity contribution in [2.45, 2.75) is 110 Å². The number of ether oxygens (including phenoxy) is 1. The predicted octanol–water partition coefficient (Wildman–Crippen LogP) is 4.76. The van der Waals surface area contributed by atoms with Crippen molar-refractivity contribution in [3.05, 3.63) is 24.3 Å². The van der Waals surface area contributed by atoms with Crippen LogP contribution in [-0.4, -0.2) is 47.3 Å². The predicted molar refractivity (Wildman–Crippen MR) is 135 cm³/mol. The summed E-state index contributed by atoms with van der Waals surface area (Å²) >= 11 is 0. The summed E-state index contributed by atoms with van der Waals surface area (Å²) in [6.07, 6.45) is 19.6. The van der Waals surface area contributed by atoms with Crippen LogP contribution in [-0.2, 0) is 19.1 Å². The zero-order valence-corrected chi connectivity index (χ0v) is 21.5. The largest absolute Gasteiger partial charge is 0.396 e. The number of hydrogen-bond donors (Lipinski definition) is 3. The Morgan fingerprint density at radius 1 is 0.853 bits per heavy atom. The van der Waals surface area contributed by atoms with Crippen molar-refractivity contribution in [2.24, 2.45) is 5.41 Å². The third-order valence-corrected chi connectivity index (χ3v) is 5.58. The molecule has 34 heavy (non-hydrogen) atoms. The van der Waals surface area contributed by atoms with E-state index in [-0.39, 0.29) is 26.0 Å². The van der Waals surface area contributed by atoms with Crippen molar-refractivity contribution in [1.29, 1.82) is 0 Å². The Bertz CT molecular complexity index is 627. The quantitative estimate of drug-likeness (QED) is 0.100. The van der Waals surface area contributed by atoms with Gasteiger partial charge in [-0.05, 0) is 38.5 Å². The molecule has 1 atom stereocenters. The molecular weight excluding hydrogens is 434 g/mol. The third-order valence-electron chi connectivity index (χ3n) is 5.58. The van der Waals surface area contributed by atoms with E-state index in [2.05, 4.69) is 36.5 Å². The third kappa shape index (κ3) is 17.5. The van der Waals surface area contributed by atoms with Crippen molar-refractivity contribution >= 4 is 17.8 Å². The second-order valence-corrected chi connectivity index (χ2v) is 9.42. The van der Waals surface area contributed by atoms with E-state index >= 15 is 0 Å². The summed E-state index contributed by atoms with van der Waals surface area (Å²) in [5.74, 6) is -1.93. The molecule has 0 aromatic rings. The van der Waals surface area contributed by atoms with Gasteiger partial charge in [-0.15, -0.1) is 0 Å². The molecule has 0 unspecified atom stereocenters. The topological polar surface area (TPSA) is 113 Å². The van der Waals surface area contributed by atoms with E-state index in [4.69, 9.17) is 4.74 Å². The van der Waals surface area contributed by atoms with Gasteiger partial charge in [0.2, 0.25) is 5.91 Å². The highest BCUT2D eigenvalue weighted by Gasteiger charge is 2.32. The van der Waals surface area contributed by atoms with Gasteiger partial charge in [0, 0.05) is 18.4 Å². The zero-order valence-electron chi connectivity index (χ0n) is 21.5. The molecule has 0 aliphatic heterocycles. The fraction of sp³-hybridized carbons (Fsp3) is 0.741. The molecule has 0 spiro atoms. The number of unbranched alkanes of at least 4 members (excludes halogenated alkanes) is 8.